The van der Waals surface area contributed by atoms with Crippen molar-refractivity contribution in [3.8, 4) is 0 Å². The fraction of sp³-hybridized carbons (Fsp3) is 1.00. The average Bonchev–Trinajstić information content (AvgIpc) is 2.05. The third-order valence-corrected chi connectivity index (χ3v) is 9.66. The molecule has 0 saturated carbocycles. The first-order valence-corrected chi connectivity index (χ1v) is 9.73. The maximum absolute atomic E-state index is 2.59. The van der Waals surface area contributed by atoms with Gasteiger partial charge in [-0.25, -0.2) is 0 Å². The van der Waals surface area contributed by atoms with Crippen LogP contribution in [0.15, 0.2) is 0 Å². The fourth-order valence-electron chi connectivity index (χ4n) is 1.71. The van der Waals surface area contributed by atoms with Crippen molar-refractivity contribution in [1.82, 2.24) is 4.90 Å². The molecule has 0 unspecified atom stereocenters. The summed E-state index contributed by atoms with van der Waals surface area (Å²) in [6.45, 7) is 8.80. The van der Waals surface area contributed by atoms with Crippen LogP contribution in [0.1, 0.15) is 13.8 Å². The van der Waals surface area contributed by atoms with Crippen LogP contribution in [0.5, 0.6) is 0 Å². The molecule has 1 rings (SSSR count). The van der Waals surface area contributed by atoms with Crippen molar-refractivity contribution in [1.29, 1.82) is 0 Å². The molecule has 0 N–H and O–H groups in total. The summed E-state index contributed by atoms with van der Waals surface area (Å²) in [4.78, 5) is 7.41. The van der Waals surface area contributed by atoms with Crippen LogP contribution < -0.4 is 0 Å². The van der Waals surface area contributed by atoms with E-state index in [1.807, 2.05) is 0 Å². The Hall–Kier alpha value is 0.596. The molecule has 0 aromatic rings. The second kappa shape index (κ2) is 4.47. The quantitative estimate of drug-likeness (QED) is 0.611. The first-order chi connectivity index (χ1) is 4.86. The SMILES string of the molecule is CCN1C[CH2][Ga]([CH2]C)[CH2]C1. The number of hydrogen-bond acceptors (Lipinski definition) is 1. The van der Waals surface area contributed by atoms with Gasteiger partial charge in [-0.1, -0.05) is 0 Å². The summed E-state index contributed by atoms with van der Waals surface area (Å²) in [6, 6.07) is 0. The van der Waals surface area contributed by atoms with Crippen molar-refractivity contribution in [3.63, 3.8) is 0 Å². The Kier molecular flexibility index (Phi) is 3.88. The zero-order chi connectivity index (χ0) is 7.40. The van der Waals surface area contributed by atoms with E-state index in [0.29, 0.717) is 0 Å². The van der Waals surface area contributed by atoms with Gasteiger partial charge in [0.25, 0.3) is 0 Å². The Morgan fingerprint density at radius 3 is 2.20 bits per heavy atom. The van der Waals surface area contributed by atoms with E-state index in [0.717, 1.165) is 0 Å². The second-order valence-electron chi connectivity index (χ2n) is 3.29. The van der Waals surface area contributed by atoms with Crippen LogP contribution in [0.4, 0.5) is 0 Å². The Labute approximate surface area is 69.8 Å². The van der Waals surface area contributed by atoms with Crippen molar-refractivity contribution < 1.29 is 0 Å². The molecule has 0 radical (unpaired) electrons. The summed E-state index contributed by atoms with van der Waals surface area (Å²) >= 11 is -0.630. The summed E-state index contributed by atoms with van der Waals surface area (Å²) in [7, 11) is 0. The van der Waals surface area contributed by atoms with Gasteiger partial charge in [0.1, 0.15) is 0 Å². The summed E-state index contributed by atoms with van der Waals surface area (Å²) in [5, 5.41) is 0. The molecule has 1 saturated heterocycles. The van der Waals surface area contributed by atoms with Crippen molar-refractivity contribution in [2.75, 3.05) is 19.6 Å². The predicted molar refractivity (Wildman–Crippen MR) is 48.0 cm³/mol. The van der Waals surface area contributed by atoms with E-state index in [2.05, 4.69) is 18.7 Å². The van der Waals surface area contributed by atoms with Gasteiger partial charge in [-0.05, 0) is 0 Å². The number of rotatable bonds is 2. The van der Waals surface area contributed by atoms with Gasteiger partial charge in [-0.3, -0.25) is 0 Å². The standard InChI is InChI=1S/C6H13N.C2H5.Ga/c1-4-7(5-2)6-3;1-2;/h1-2,4-6H2,3H3;1H2,2H3;. The van der Waals surface area contributed by atoms with Gasteiger partial charge in [0.2, 0.25) is 0 Å². The molecule has 1 nitrogen and oxygen atoms in total. The van der Waals surface area contributed by atoms with Crippen LogP contribution in [0.3, 0.4) is 0 Å². The molecule has 0 spiro atoms. The third-order valence-electron chi connectivity index (χ3n) is 2.73. The van der Waals surface area contributed by atoms with Gasteiger partial charge >= 0.3 is 69.5 Å². The van der Waals surface area contributed by atoms with Crippen LogP contribution in [-0.4, -0.2) is 40.8 Å². The molecule has 1 fully saturated rings. The molecular weight excluding hydrogens is 180 g/mol. The Morgan fingerprint density at radius 2 is 1.80 bits per heavy atom. The van der Waals surface area contributed by atoms with Crippen LogP contribution >= 0.6 is 0 Å². The third kappa shape index (κ3) is 2.33. The van der Waals surface area contributed by atoms with Crippen LogP contribution in [0.2, 0.25) is 14.9 Å². The zero-order valence-electron chi connectivity index (χ0n) is 7.27. The topological polar surface area (TPSA) is 3.24 Å². The monoisotopic (exact) mass is 197 g/mol. The molecule has 2 heteroatoms. The first kappa shape index (κ1) is 8.69. The van der Waals surface area contributed by atoms with Crippen molar-refractivity contribution >= 4 is 16.2 Å². The summed E-state index contributed by atoms with van der Waals surface area (Å²) < 4.78 is 0. The normalized spacial score (nSPS) is 21.6. The Balaban J connectivity index is 2.17. The van der Waals surface area contributed by atoms with Gasteiger partial charge < -0.3 is 0 Å². The van der Waals surface area contributed by atoms with E-state index in [4.69, 9.17) is 0 Å². The van der Waals surface area contributed by atoms with Gasteiger partial charge in [0, 0.05) is 0 Å². The molecule has 0 aromatic heterocycles. The van der Waals surface area contributed by atoms with E-state index in [-0.39, 0.29) is 0 Å². The minimum absolute atomic E-state index is 0.630. The molecule has 0 amide bonds. The molecule has 1 aliphatic rings. The minimum atomic E-state index is -0.630. The van der Waals surface area contributed by atoms with E-state index < -0.39 is 16.2 Å². The maximum atomic E-state index is 2.59. The zero-order valence-corrected chi connectivity index (χ0v) is 9.69. The predicted octanol–water partition coefficient (Wildman–Crippen LogP) is 1.84. The molecular formula is C8H18GaN. The average molecular weight is 198 g/mol. The van der Waals surface area contributed by atoms with Crippen molar-refractivity contribution in [2.24, 2.45) is 0 Å². The van der Waals surface area contributed by atoms with E-state index in [1.165, 1.54) is 19.6 Å². The molecule has 0 aliphatic carbocycles. The van der Waals surface area contributed by atoms with E-state index >= 15 is 0 Å². The van der Waals surface area contributed by atoms with Crippen LogP contribution in [0.25, 0.3) is 0 Å². The molecule has 0 bridgehead atoms. The molecule has 0 atom stereocenters. The molecule has 58 valence electrons. The Morgan fingerprint density at radius 1 is 1.20 bits per heavy atom. The second-order valence-corrected chi connectivity index (χ2v) is 11.1. The van der Waals surface area contributed by atoms with E-state index in [9.17, 15) is 0 Å². The van der Waals surface area contributed by atoms with Crippen molar-refractivity contribution in [2.45, 2.75) is 28.8 Å². The van der Waals surface area contributed by atoms with Gasteiger partial charge in [0.15, 0.2) is 0 Å². The fourth-order valence-corrected chi connectivity index (χ4v) is 7.09. The number of hydrogen-bond donors (Lipinski definition) is 0. The molecule has 1 aliphatic heterocycles. The molecule has 10 heavy (non-hydrogen) atoms. The van der Waals surface area contributed by atoms with E-state index in [1.54, 1.807) is 14.9 Å². The van der Waals surface area contributed by atoms with Gasteiger partial charge in [-0.2, -0.15) is 0 Å². The van der Waals surface area contributed by atoms with Gasteiger partial charge in [-0.15, -0.1) is 0 Å². The first-order valence-electron chi connectivity index (χ1n) is 4.59. The van der Waals surface area contributed by atoms with Crippen molar-refractivity contribution in [3.05, 3.63) is 0 Å². The van der Waals surface area contributed by atoms with Crippen LogP contribution in [-0.2, 0) is 0 Å². The number of nitrogens with zero attached hydrogens (tertiary/aromatic N) is 1. The van der Waals surface area contributed by atoms with Crippen LogP contribution in [0, 0.1) is 0 Å². The summed E-state index contributed by atoms with van der Waals surface area (Å²) in [5.74, 6) is 0. The summed E-state index contributed by atoms with van der Waals surface area (Å²) in [5.41, 5.74) is 0. The summed E-state index contributed by atoms with van der Waals surface area (Å²) in [6.07, 6.45) is 0. The molecule has 0 aromatic carbocycles. The van der Waals surface area contributed by atoms with Gasteiger partial charge in [0.05, 0.1) is 0 Å². The Bertz CT molecular complexity index is 75.3. The molecule has 1 heterocycles.